The van der Waals surface area contributed by atoms with Crippen LogP contribution in [0, 0.1) is 5.92 Å². The van der Waals surface area contributed by atoms with E-state index in [2.05, 4.69) is 37.1 Å². The predicted octanol–water partition coefficient (Wildman–Crippen LogP) is 4.68. The van der Waals surface area contributed by atoms with E-state index < -0.39 is 5.92 Å². The topological polar surface area (TPSA) is 52.7 Å². The SMILES string of the molecule is CC(C)CN1C(=O)c2ccccc2[C@H](C(=O)NCCN2CCCC[C@@H]2C)[C@@H]1c1cccs1. The van der Waals surface area contributed by atoms with E-state index in [0.717, 1.165) is 23.5 Å². The molecule has 32 heavy (non-hydrogen) atoms. The van der Waals surface area contributed by atoms with E-state index >= 15 is 0 Å². The Labute approximate surface area is 195 Å². The lowest BCUT2D eigenvalue weighted by molar-refractivity contribution is -0.124. The van der Waals surface area contributed by atoms with Gasteiger partial charge in [0.15, 0.2) is 0 Å². The highest BCUT2D eigenvalue weighted by Crippen LogP contribution is 2.44. The highest BCUT2D eigenvalue weighted by atomic mass is 32.1. The number of rotatable bonds is 7. The summed E-state index contributed by atoms with van der Waals surface area (Å²) < 4.78 is 0. The van der Waals surface area contributed by atoms with Gasteiger partial charge in [0.1, 0.15) is 0 Å². The zero-order valence-corrected chi connectivity index (χ0v) is 20.2. The first-order chi connectivity index (χ1) is 15.5. The minimum atomic E-state index is -0.403. The van der Waals surface area contributed by atoms with Crippen LogP contribution in [-0.2, 0) is 4.79 Å². The summed E-state index contributed by atoms with van der Waals surface area (Å²) in [5, 5.41) is 5.26. The average Bonchev–Trinajstić information content (AvgIpc) is 3.31. The number of amides is 2. The number of nitrogens with one attached hydrogen (secondary N) is 1. The fourth-order valence-electron chi connectivity index (χ4n) is 5.17. The van der Waals surface area contributed by atoms with E-state index in [-0.39, 0.29) is 17.9 Å². The highest BCUT2D eigenvalue weighted by molar-refractivity contribution is 7.10. The summed E-state index contributed by atoms with van der Waals surface area (Å²) in [7, 11) is 0. The second kappa shape index (κ2) is 10.2. The van der Waals surface area contributed by atoms with Crippen LogP contribution in [0.1, 0.15) is 72.8 Å². The molecule has 0 saturated carbocycles. The summed E-state index contributed by atoms with van der Waals surface area (Å²) in [6, 6.07) is 12.0. The maximum atomic E-state index is 13.7. The monoisotopic (exact) mass is 453 g/mol. The van der Waals surface area contributed by atoms with Crippen molar-refractivity contribution in [3.63, 3.8) is 0 Å². The predicted molar refractivity (Wildman–Crippen MR) is 130 cm³/mol. The van der Waals surface area contributed by atoms with Crippen molar-refractivity contribution in [2.24, 2.45) is 5.92 Å². The van der Waals surface area contributed by atoms with Gasteiger partial charge in [-0.05, 0) is 55.3 Å². The molecule has 0 spiro atoms. The number of hydrogen-bond acceptors (Lipinski definition) is 4. The lowest BCUT2D eigenvalue weighted by Gasteiger charge is -2.42. The van der Waals surface area contributed by atoms with Crippen molar-refractivity contribution in [2.45, 2.75) is 58.0 Å². The van der Waals surface area contributed by atoms with E-state index in [1.165, 1.54) is 19.3 Å². The third-order valence-corrected chi connectivity index (χ3v) is 7.70. The van der Waals surface area contributed by atoms with Gasteiger partial charge in [0.2, 0.25) is 5.91 Å². The van der Waals surface area contributed by atoms with Crippen molar-refractivity contribution >= 4 is 23.2 Å². The molecule has 2 aromatic rings. The molecule has 0 unspecified atom stereocenters. The number of hydrogen-bond donors (Lipinski definition) is 1. The van der Waals surface area contributed by atoms with Crippen LogP contribution < -0.4 is 5.32 Å². The van der Waals surface area contributed by atoms with Gasteiger partial charge in [0.25, 0.3) is 5.91 Å². The van der Waals surface area contributed by atoms with Gasteiger partial charge in [-0.3, -0.25) is 14.5 Å². The van der Waals surface area contributed by atoms with Crippen molar-refractivity contribution in [3.05, 3.63) is 57.8 Å². The second-order valence-electron chi connectivity index (χ2n) is 9.55. The van der Waals surface area contributed by atoms with E-state index in [9.17, 15) is 9.59 Å². The molecule has 2 aliphatic heterocycles. The molecule has 2 aliphatic rings. The van der Waals surface area contributed by atoms with Crippen LogP contribution in [0.15, 0.2) is 41.8 Å². The molecule has 3 atom stereocenters. The molecule has 5 nitrogen and oxygen atoms in total. The molecular formula is C26H35N3O2S. The first-order valence-electron chi connectivity index (χ1n) is 11.9. The number of nitrogens with zero attached hydrogens (tertiary/aromatic N) is 2. The number of carbonyl (C=O) groups excluding carboxylic acids is 2. The summed E-state index contributed by atoms with van der Waals surface area (Å²) in [4.78, 5) is 32.6. The molecule has 0 radical (unpaired) electrons. The molecule has 172 valence electrons. The maximum absolute atomic E-state index is 13.7. The lowest BCUT2D eigenvalue weighted by atomic mass is 9.81. The Morgan fingerprint density at radius 1 is 1.19 bits per heavy atom. The fourth-order valence-corrected chi connectivity index (χ4v) is 6.04. The number of likely N-dealkylation sites (tertiary alicyclic amines) is 1. The summed E-state index contributed by atoms with van der Waals surface area (Å²) >= 11 is 1.62. The van der Waals surface area contributed by atoms with Gasteiger partial charge >= 0.3 is 0 Å². The number of piperidine rings is 1. The lowest BCUT2D eigenvalue weighted by Crippen LogP contribution is -2.49. The van der Waals surface area contributed by atoms with Crippen molar-refractivity contribution in [1.82, 2.24) is 15.1 Å². The third-order valence-electron chi connectivity index (χ3n) is 6.76. The van der Waals surface area contributed by atoms with Crippen LogP contribution in [-0.4, -0.2) is 53.8 Å². The summed E-state index contributed by atoms with van der Waals surface area (Å²) in [5.74, 6) is -0.0447. The number of fused-ring (bicyclic) bond motifs is 1. The Morgan fingerprint density at radius 2 is 2.00 bits per heavy atom. The molecule has 2 amide bonds. The van der Waals surface area contributed by atoms with Crippen LogP contribution in [0.4, 0.5) is 0 Å². The zero-order chi connectivity index (χ0) is 22.7. The Bertz CT molecular complexity index is 927. The number of carbonyl (C=O) groups is 2. The highest BCUT2D eigenvalue weighted by Gasteiger charge is 2.44. The second-order valence-corrected chi connectivity index (χ2v) is 10.5. The standard InChI is InChI=1S/C26H35N3O2S/c1-18(2)17-29-24(22-12-8-16-32-22)23(20-10-4-5-11-21(20)26(29)31)25(30)27-13-15-28-14-7-6-9-19(28)3/h4-5,8,10-12,16,18-19,23-24H,6-7,9,13-15,17H2,1-3H3,(H,27,30)/t19-,23-,24-/m0/s1. The van der Waals surface area contributed by atoms with Crippen LogP contribution in [0.3, 0.4) is 0 Å². The Morgan fingerprint density at radius 3 is 2.72 bits per heavy atom. The number of thiophene rings is 1. The van der Waals surface area contributed by atoms with Gasteiger partial charge in [-0.1, -0.05) is 44.5 Å². The van der Waals surface area contributed by atoms with E-state index in [1.54, 1.807) is 11.3 Å². The average molecular weight is 454 g/mol. The Hall–Kier alpha value is -2.18. The van der Waals surface area contributed by atoms with Gasteiger partial charge in [-0.25, -0.2) is 0 Å². The zero-order valence-electron chi connectivity index (χ0n) is 19.4. The smallest absolute Gasteiger partial charge is 0.254 e. The molecule has 1 aromatic heterocycles. The molecule has 1 saturated heterocycles. The van der Waals surface area contributed by atoms with E-state index in [4.69, 9.17) is 0 Å². The van der Waals surface area contributed by atoms with Gasteiger partial charge < -0.3 is 10.2 Å². The Balaban J connectivity index is 1.61. The summed E-state index contributed by atoms with van der Waals surface area (Å²) in [6.45, 7) is 9.77. The van der Waals surface area contributed by atoms with E-state index in [1.807, 2.05) is 40.6 Å². The minimum Gasteiger partial charge on any atom is -0.354 e. The molecule has 0 aliphatic carbocycles. The maximum Gasteiger partial charge on any atom is 0.254 e. The largest absolute Gasteiger partial charge is 0.354 e. The molecule has 0 bridgehead atoms. The van der Waals surface area contributed by atoms with Gasteiger partial charge in [-0.2, -0.15) is 0 Å². The van der Waals surface area contributed by atoms with Crippen LogP contribution in [0.5, 0.6) is 0 Å². The Kier molecular flexibility index (Phi) is 7.31. The van der Waals surface area contributed by atoms with Crippen molar-refractivity contribution in [3.8, 4) is 0 Å². The summed E-state index contributed by atoms with van der Waals surface area (Å²) in [6.07, 6.45) is 3.77. The molecule has 6 heteroatoms. The van der Waals surface area contributed by atoms with Gasteiger partial charge in [0, 0.05) is 36.1 Å². The van der Waals surface area contributed by atoms with Crippen LogP contribution in [0.2, 0.25) is 0 Å². The summed E-state index contributed by atoms with van der Waals surface area (Å²) in [5.41, 5.74) is 1.51. The van der Waals surface area contributed by atoms with Crippen molar-refractivity contribution in [2.75, 3.05) is 26.2 Å². The number of benzene rings is 1. The first-order valence-corrected chi connectivity index (χ1v) is 12.8. The van der Waals surface area contributed by atoms with Gasteiger partial charge in [0.05, 0.1) is 12.0 Å². The molecule has 1 N–H and O–H groups in total. The fraction of sp³-hybridized carbons (Fsp3) is 0.538. The van der Waals surface area contributed by atoms with Crippen LogP contribution >= 0.6 is 11.3 Å². The van der Waals surface area contributed by atoms with Gasteiger partial charge in [-0.15, -0.1) is 11.3 Å². The minimum absolute atomic E-state index is 0.0155. The van der Waals surface area contributed by atoms with Crippen molar-refractivity contribution < 1.29 is 9.59 Å². The van der Waals surface area contributed by atoms with E-state index in [0.29, 0.717) is 30.6 Å². The quantitative estimate of drug-likeness (QED) is 0.663. The normalized spacial score (nSPS) is 23.9. The first kappa shape index (κ1) is 23.0. The molecule has 3 heterocycles. The molecule has 4 rings (SSSR count). The molecule has 1 aromatic carbocycles. The molecular weight excluding hydrogens is 418 g/mol. The third kappa shape index (κ3) is 4.76. The molecule has 1 fully saturated rings. The van der Waals surface area contributed by atoms with Crippen LogP contribution in [0.25, 0.3) is 0 Å². The van der Waals surface area contributed by atoms with Crippen molar-refractivity contribution in [1.29, 1.82) is 0 Å².